The van der Waals surface area contributed by atoms with Crippen LogP contribution in [0.2, 0.25) is 5.02 Å². The normalized spacial score (nSPS) is 11.0. The van der Waals surface area contributed by atoms with Crippen LogP contribution in [-0.2, 0) is 0 Å². The zero-order valence-corrected chi connectivity index (χ0v) is 25.2. The molecular weight excluding hydrogens is 592 g/mol. The Morgan fingerprint density at radius 3 is 1.51 bits per heavy atom. The van der Waals surface area contributed by atoms with Gasteiger partial charge >= 0.3 is 0 Å². The van der Waals surface area contributed by atoms with Crippen LogP contribution in [0.5, 0.6) is 0 Å². The molecule has 0 aliphatic carbocycles. The largest absolute Gasteiger partial charge is 0.293 e. The van der Waals surface area contributed by atoms with E-state index < -0.39 is 23.1 Å². The van der Waals surface area contributed by atoms with Crippen molar-refractivity contribution >= 4 is 34.7 Å². The first-order valence-corrected chi connectivity index (χ1v) is 14.3. The molecule has 0 atom stereocenters. The highest BCUT2D eigenvalue weighted by Crippen LogP contribution is 2.28. The molecule has 45 heavy (non-hydrogen) atoms. The second kappa shape index (κ2) is 11.7. The van der Waals surface area contributed by atoms with Crippen molar-refractivity contribution in [1.82, 2.24) is 29.3 Å². The minimum absolute atomic E-state index is 0.00549. The Hall–Kier alpha value is -5.74. The average Bonchev–Trinajstić information content (AvgIpc) is 3.78. The fraction of sp³-hybridized carbons (Fsp3) is 0.0882. The molecule has 0 bridgehead atoms. The molecule has 0 amide bonds. The van der Waals surface area contributed by atoms with E-state index in [1.807, 2.05) is 36.4 Å². The van der Waals surface area contributed by atoms with Crippen LogP contribution in [0, 0.1) is 6.92 Å². The maximum atomic E-state index is 14.4. The summed E-state index contributed by atoms with van der Waals surface area (Å²) in [7, 11) is 0. The Labute approximate surface area is 262 Å². The molecule has 0 radical (unpaired) electrons. The number of carbonyl (C=O) groups is 4. The van der Waals surface area contributed by atoms with Crippen LogP contribution >= 0.6 is 11.6 Å². The molecule has 0 fully saturated rings. The van der Waals surface area contributed by atoms with Gasteiger partial charge in [-0.3, -0.25) is 19.2 Å². The number of halogens is 1. The highest BCUT2D eigenvalue weighted by molar-refractivity contribution is 6.30. The third-order valence-electron chi connectivity index (χ3n) is 7.26. The van der Waals surface area contributed by atoms with Gasteiger partial charge in [0.1, 0.15) is 17.1 Å². The summed E-state index contributed by atoms with van der Waals surface area (Å²) >= 11 is 6.12. The molecule has 0 unspecified atom stereocenters. The van der Waals surface area contributed by atoms with E-state index in [2.05, 4.69) is 15.3 Å². The lowest BCUT2D eigenvalue weighted by Crippen LogP contribution is -2.14. The number of hydrogen-bond donors (Lipinski definition) is 0. The van der Waals surface area contributed by atoms with Gasteiger partial charge in [-0.2, -0.15) is 15.3 Å². The van der Waals surface area contributed by atoms with Crippen molar-refractivity contribution in [1.29, 1.82) is 0 Å². The molecular formula is C34H25ClN6O4. The number of para-hydroxylation sites is 2. The van der Waals surface area contributed by atoms with Crippen LogP contribution in [0.3, 0.4) is 0 Å². The molecule has 0 aliphatic rings. The highest BCUT2D eigenvalue weighted by Gasteiger charge is 2.33. The van der Waals surface area contributed by atoms with Crippen molar-refractivity contribution in [3.8, 4) is 17.1 Å². The minimum Gasteiger partial charge on any atom is -0.293 e. The lowest BCUT2D eigenvalue weighted by Gasteiger charge is -2.05. The van der Waals surface area contributed by atoms with Crippen LogP contribution in [0.4, 0.5) is 0 Å². The van der Waals surface area contributed by atoms with Gasteiger partial charge in [-0.15, -0.1) is 0 Å². The fourth-order valence-corrected chi connectivity index (χ4v) is 5.18. The average molecular weight is 617 g/mol. The monoisotopic (exact) mass is 616 g/mol. The Kier molecular flexibility index (Phi) is 7.65. The van der Waals surface area contributed by atoms with Crippen molar-refractivity contribution < 1.29 is 19.2 Å². The van der Waals surface area contributed by atoms with E-state index in [0.717, 1.165) is 0 Å². The Balaban J connectivity index is 1.55. The Bertz CT molecular complexity index is 2110. The number of hydrogen-bond acceptors (Lipinski definition) is 7. The predicted molar refractivity (Wildman–Crippen MR) is 167 cm³/mol. The van der Waals surface area contributed by atoms with E-state index in [1.54, 1.807) is 55.5 Å². The summed E-state index contributed by atoms with van der Waals surface area (Å²) in [6.07, 6.45) is 2.92. The van der Waals surface area contributed by atoms with E-state index in [4.69, 9.17) is 11.6 Å². The second-order valence-corrected chi connectivity index (χ2v) is 10.7. The minimum atomic E-state index is -0.679. The van der Waals surface area contributed by atoms with Gasteiger partial charge in [-0.25, -0.2) is 14.0 Å². The SMILES string of the molecule is CC(=O)c1nn(-c2ccccc2)cc1C(=O)c1nn(-c2ccc(Cl)cc2)c(C)c1C(=O)c1cn(-c2ccccc2)nc1C(C)=O. The third-order valence-corrected chi connectivity index (χ3v) is 7.51. The summed E-state index contributed by atoms with van der Waals surface area (Å²) in [6.45, 7) is 4.29. The van der Waals surface area contributed by atoms with Gasteiger partial charge in [-0.1, -0.05) is 48.0 Å². The number of benzene rings is 3. The summed E-state index contributed by atoms with van der Waals surface area (Å²) in [4.78, 5) is 54.1. The predicted octanol–water partition coefficient (Wildman–Crippen LogP) is 6.07. The third kappa shape index (κ3) is 5.43. The first-order chi connectivity index (χ1) is 21.6. The van der Waals surface area contributed by atoms with Gasteiger partial charge in [0.15, 0.2) is 11.6 Å². The van der Waals surface area contributed by atoms with Crippen LogP contribution in [-0.4, -0.2) is 52.5 Å². The van der Waals surface area contributed by atoms with Crippen LogP contribution < -0.4 is 0 Å². The first-order valence-electron chi connectivity index (χ1n) is 13.9. The topological polar surface area (TPSA) is 122 Å². The lowest BCUT2D eigenvalue weighted by atomic mass is 9.96. The number of ketones is 4. The Morgan fingerprint density at radius 1 is 0.578 bits per heavy atom. The van der Waals surface area contributed by atoms with Gasteiger partial charge in [0.25, 0.3) is 0 Å². The standard InChI is InChI=1S/C34H25ClN6O4/c1-20-29(33(44)27-18-39(36-30(27)21(2)42)24-10-6-4-7-11-24)32(38-41(20)26-16-14-23(35)15-17-26)34(45)28-19-40(37-31(28)22(3)43)25-12-8-5-9-13-25/h4-19H,1-3H3. The fourth-order valence-electron chi connectivity index (χ4n) is 5.06. The summed E-state index contributed by atoms with van der Waals surface area (Å²) in [6, 6.07) is 24.8. The first kappa shape index (κ1) is 29.3. The summed E-state index contributed by atoms with van der Waals surface area (Å²) in [5.41, 5.74) is 1.79. The molecule has 0 aliphatic heterocycles. The summed E-state index contributed by atoms with van der Waals surface area (Å²) in [5, 5.41) is 13.9. The number of nitrogens with zero attached hydrogens (tertiary/aromatic N) is 6. The molecule has 0 N–H and O–H groups in total. The molecule has 222 valence electrons. The number of carbonyl (C=O) groups excluding carboxylic acids is 4. The van der Waals surface area contributed by atoms with Crippen molar-refractivity contribution in [3.05, 3.63) is 142 Å². The number of aromatic nitrogens is 6. The van der Waals surface area contributed by atoms with E-state index in [1.165, 1.54) is 40.3 Å². The van der Waals surface area contributed by atoms with Gasteiger partial charge in [0.2, 0.25) is 11.6 Å². The van der Waals surface area contributed by atoms with Gasteiger partial charge in [0, 0.05) is 31.3 Å². The zero-order chi connectivity index (χ0) is 31.8. The molecule has 0 spiro atoms. The molecule has 11 heteroatoms. The van der Waals surface area contributed by atoms with Crippen LogP contribution in [0.25, 0.3) is 17.1 Å². The molecule has 3 heterocycles. The van der Waals surface area contributed by atoms with E-state index >= 15 is 0 Å². The number of rotatable bonds is 9. The highest BCUT2D eigenvalue weighted by atomic mass is 35.5. The molecule has 0 saturated heterocycles. The molecule has 10 nitrogen and oxygen atoms in total. The molecule has 0 saturated carbocycles. The van der Waals surface area contributed by atoms with Crippen molar-refractivity contribution in [2.24, 2.45) is 0 Å². The maximum Gasteiger partial charge on any atom is 0.217 e. The zero-order valence-electron chi connectivity index (χ0n) is 24.4. The maximum absolute atomic E-state index is 14.4. The summed E-state index contributed by atoms with van der Waals surface area (Å²) in [5.74, 6) is -2.16. The van der Waals surface area contributed by atoms with E-state index in [0.29, 0.717) is 27.8 Å². The molecule has 6 rings (SSSR count). The number of Topliss-reactive ketones (excluding diaryl/α,β-unsaturated/α-hetero) is 2. The van der Waals surface area contributed by atoms with E-state index in [9.17, 15) is 19.2 Å². The van der Waals surface area contributed by atoms with Crippen LogP contribution in [0.1, 0.15) is 72.5 Å². The van der Waals surface area contributed by atoms with Gasteiger partial charge in [0.05, 0.1) is 39.4 Å². The van der Waals surface area contributed by atoms with E-state index in [-0.39, 0.29) is 33.8 Å². The van der Waals surface area contributed by atoms with Gasteiger partial charge in [-0.05, 0) is 55.5 Å². The molecule has 3 aromatic heterocycles. The van der Waals surface area contributed by atoms with Crippen molar-refractivity contribution in [3.63, 3.8) is 0 Å². The van der Waals surface area contributed by atoms with Crippen molar-refractivity contribution in [2.45, 2.75) is 20.8 Å². The Morgan fingerprint density at radius 2 is 1.04 bits per heavy atom. The van der Waals surface area contributed by atoms with Crippen LogP contribution in [0.15, 0.2) is 97.3 Å². The van der Waals surface area contributed by atoms with Crippen molar-refractivity contribution in [2.75, 3.05) is 0 Å². The molecule has 3 aromatic carbocycles. The molecule has 6 aromatic rings. The van der Waals surface area contributed by atoms with Gasteiger partial charge < -0.3 is 0 Å². The second-order valence-electron chi connectivity index (χ2n) is 10.3. The lowest BCUT2D eigenvalue weighted by molar-refractivity contribution is 0.0976. The quantitative estimate of drug-likeness (QED) is 0.181. The smallest absolute Gasteiger partial charge is 0.217 e. The summed E-state index contributed by atoms with van der Waals surface area (Å²) < 4.78 is 4.34.